The maximum atomic E-state index is 14.0. The lowest BCUT2D eigenvalue weighted by atomic mass is 9.86. The molecule has 0 spiro atoms. The molecular formula is C13H17FO3. The molecular weight excluding hydrogens is 223 g/mol. The minimum absolute atomic E-state index is 0.0911. The summed E-state index contributed by atoms with van der Waals surface area (Å²) in [5.41, 5.74) is -1.45. The van der Waals surface area contributed by atoms with Crippen molar-refractivity contribution < 1.29 is 19.0 Å². The molecule has 0 aliphatic rings. The zero-order valence-corrected chi connectivity index (χ0v) is 10.0. The maximum absolute atomic E-state index is 14.0. The number of esters is 1. The van der Waals surface area contributed by atoms with Gasteiger partial charge < -0.3 is 9.84 Å². The fourth-order valence-corrected chi connectivity index (χ4v) is 1.67. The third kappa shape index (κ3) is 2.82. The van der Waals surface area contributed by atoms with E-state index < -0.39 is 17.7 Å². The Bertz CT molecular complexity index is 366. The molecule has 17 heavy (non-hydrogen) atoms. The molecule has 0 fully saturated rings. The van der Waals surface area contributed by atoms with Gasteiger partial charge >= 0.3 is 5.97 Å². The second-order valence-corrected chi connectivity index (χ2v) is 3.76. The van der Waals surface area contributed by atoms with Crippen molar-refractivity contribution in [2.75, 3.05) is 6.61 Å². The third-order valence-electron chi connectivity index (χ3n) is 2.73. The summed E-state index contributed by atoms with van der Waals surface area (Å²) in [6, 6.07) is 8.32. The Hall–Kier alpha value is -1.42. The number of alkyl halides is 1. The zero-order chi connectivity index (χ0) is 12.9. The summed E-state index contributed by atoms with van der Waals surface area (Å²) in [5.74, 6) is -1.03. The molecule has 94 valence electrons. The van der Waals surface area contributed by atoms with Crippen LogP contribution in [0.25, 0.3) is 0 Å². The topological polar surface area (TPSA) is 46.5 Å². The number of ether oxygens (including phenoxy) is 1. The highest BCUT2D eigenvalue weighted by Gasteiger charge is 2.43. The second kappa shape index (κ2) is 5.77. The highest BCUT2D eigenvalue weighted by Crippen LogP contribution is 2.31. The first-order chi connectivity index (χ1) is 8.06. The molecule has 1 rings (SSSR count). The lowest BCUT2D eigenvalue weighted by Crippen LogP contribution is -2.42. The standard InChI is InChI=1S/C13H17FO3/c1-3-13(16,10-8-6-5-7-9-10)11(14)12(15)17-4-2/h5-9,11,16H,3-4H2,1-2H3. The van der Waals surface area contributed by atoms with Gasteiger partial charge in [-0.15, -0.1) is 0 Å². The first-order valence-electron chi connectivity index (χ1n) is 5.64. The van der Waals surface area contributed by atoms with Gasteiger partial charge in [-0.25, -0.2) is 9.18 Å². The van der Waals surface area contributed by atoms with Crippen molar-refractivity contribution in [3.8, 4) is 0 Å². The van der Waals surface area contributed by atoms with Crippen LogP contribution in [0, 0.1) is 0 Å². The molecule has 4 heteroatoms. The Morgan fingerprint density at radius 3 is 2.47 bits per heavy atom. The summed E-state index contributed by atoms with van der Waals surface area (Å²) in [4.78, 5) is 11.4. The van der Waals surface area contributed by atoms with E-state index in [1.807, 2.05) is 0 Å². The first kappa shape index (κ1) is 13.6. The van der Waals surface area contributed by atoms with Gasteiger partial charge in [0.2, 0.25) is 6.17 Å². The Labute approximate surface area is 100 Å². The Balaban J connectivity index is 3.00. The van der Waals surface area contributed by atoms with Gasteiger partial charge in [-0.3, -0.25) is 0 Å². The van der Waals surface area contributed by atoms with Gasteiger partial charge in [0.1, 0.15) is 5.60 Å². The molecule has 0 bridgehead atoms. The molecule has 2 atom stereocenters. The van der Waals surface area contributed by atoms with Crippen molar-refractivity contribution in [2.24, 2.45) is 0 Å². The van der Waals surface area contributed by atoms with Gasteiger partial charge in [-0.1, -0.05) is 37.3 Å². The second-order valence-electron chi connectivity index (χ2n) is 3.76. The number of carbonyl (C=O) groups is 1. The quantitative estimate of drug-likeness (QED) is 0.802. The molecule has 1 aromatic rings. The van der Waals surface area contributed by atoms with Crippen LogP contribution in [0.15, 0.2) is 30.3 Å². The van der Waals surface area contributed by atoms with Crippen molar-refractivity contribution in [3.05, 3.63) is 35.9 Å². The molecule has 0 radical (unpaired) electrons. The number of rotatable bonds is 5. The largest absolute Gasteiger partial charge is 0.464 e. The SMILES string of the molecule is CCOC(=O)C(F)C(O)(CC)c1ccccc1. The van der Waals surface area contributed by atoms with E-state index in [2.05, 4.69) is 4.74 Å². The van der Waals surface area contributed by atoms with Crippen LogP contribution in [-0.2, 0) is 15.1 Å². The normalized spacial score (nSPS) is 16.0. The number of halogens is 1. The van der Waals surface area contributed by atoms with Crippen molar-refractivity contribution in [2.45, 2.75) is 32.0 Å². The summed E-state index contributed by atoms with van der Waals surface area (Å²) < 4.78 is 18.6. The summed E-state index contributed by atoms with van der Waals surface area (Å²) in [6.45, 7) is 3.31. The highest BCUT2D eigenvalue weighted by atomic mass is 19.1. The van der Waals surface area contributed by atoms with E-state index in [0.29, 0.717) is 5.56 Å². The zero-order valence-electron chi connectivity index (χ0n) is 10.0. The average molecular weight is 240 g/mol. The molecule has 1 aromatic carbocycles. The van der Waals surface area contributed by atoms with E-state index in [1.165, 1.54) is 0 Å². The number of benzene rings is 1. The summed E-state index contributed by atoms with van der Waals surface area (Å²) in [7, 11) is 0. The van der Waals surface area contributed by atoms with Gasteiger partial charge in [0.15, 0.2) is 0 Å². The van der Waals surface area contributed by atoms with E-state index in [4.69, 9.17) is 0 Å². The molecule has 0 amide bonds. The van der Waals surface area contributed by atoms with Crippen LogP contribution in [-0.4, -0.2) is 23.9 Å². The Morgan fingerprint density at radius 2 is 2.00 bits per heavy atom. The molecule has 0 saturated heterocycles. The third-order valence-corrected chi connectivity index (χ3v) is 2.73. The summed E-state index contributed by atoms with van der Waals surface area (Å²) in [5, 5.41) is 10.3. The van der Waals surface area contributed by atoms with Crippen LogP contribution in [0.3, 0.4) is 0 Å². The van der Waals surface area contributed by atoms with Crippen molar-refractivity contribution >= 4 is 5.97 Å². The molecule has 0 aliphatic heterocycles. The van der Waals surface area contributed by atoms with Gasteiger partial charge in [0, 0.05) is 0 Å². The minimum atomic E-state index is -2.07. The number of hydrogen-bond acceptors (Lipinski definition) is 3. The molecule has 3 nitrogen and oxygen atoms in total. The predicted octanol–water partition coefficient (Wildman–Crippen LogP) is 2.19. The van der Waals surface area contributed by atoms with Gasteiger partial charge in [0.05, 0.1) is 6.61 Å². The van der Waals surface area contributed by atoms with Crippen molar-refractivity contribution in [3.63, 3.8) is 0 Å². The lowest BCUT2D eigenvalue weighted by Gasteiger charge is -2.29. The van der Waals surface area contributed by atoms with E-state index >= 15 is 0 Å². The van der Waals surface area contributed by atoms with Crippen molar-refractivity contribution in [1.29, 1.82) is 0 Å². The lowest BCUT2D eigenvalue weighted by molar-refractivity contribution is -0.162. The van der Waals surface area contributed by atoms with E-state index in [1.54, 1.807) is 44.2 Å². The van der Waals surface area contributed by atoms with Crippen LogP contribution >= 0.6 is 0 Å². The fourth-order valence-electron chi connectivity index (χ4n) is 1.67. The Morgan fingerprint density at radius 1 is 1.41 bits per heavy atom. The van der Waals surface area contributed by atoms with Crippen LogP contribution in [0.1, 0.15) is 25.8 Å². The fraction of sp³-hybridized carbons (Fsp3) is 0.462. The summed E-state index contributed by atoms with van der Waals surface area (Å²) in [6.07, 6.45) is -1.98. The van der Waals surface area contributed by atoms with E-state index in [9.17, 15) is 14.3 Å². The summed E-state index contributed by atoms with van der Waals surface area (Å²) >= 11 is 0. The van der Waals surface area contributed by atoms with Crippen molar-refractivity contribution in [1.82, 2.24) is 0 Å². The van der Waals surface area contributed by atoms with Crippen LogP contribution in [0.5, 0.6) is 0 Å². The number of carbonyl (C=O) groups excluding carboxylic acids is 1. The molecule has 0 aromatic heterocycles. The average Bonchev–Trinajstić information content (AvgIpc) is 2.38. The Kier molecular flexibility index (Phi) is 4.63. The van der Waals surface area contributed by atoms with Gasteiger partial charge in [-0.2, -0.15) is 0 Å². The van der Waals surface area contributed by atoms with Crippen LogP contribution < -0.4 is 0 Å². The number of hydrogen-bond donors (Lipinski definition) is 1. The van der Waals surface area contributed by atoms with E-state index in [0.717, 1.165) is 0 Å². The first-order valence-corrected chi connectivity index (χ1v) is 5.64. The van der Waals surface area contributed by atoms with Crippen LogP contribution in [0.2, 0.25) is 0 Å². The smallest absolute Gasteiger partial charge is 0.344 e. The minimum Gasteiger partial charge on any atom is -0.464 e. The molecule has 0 aliphatic carbocycles. The monoisotopic (exact) mass is 240 g/mol. The van der Waals surface area contributed by atoms with Crippen LogP contribution in [0.4, 0.5) is 4.39 Å². The maximum Gasteiger partial charge on any atom is 0.344 e. The highest BCUT2D eigenvalue weighted by molar-refractivity contribution is 5.76. The predicted molar refractivity (Wildman–Crippen MR) is 62.2 cm³/mol. The van der Waals surface area contributed by atoms with E-state index in [-0.39, 0.29) is 13.0 Å². The molecule has 0 saturated carbocycles. The number of aliphatic hydroxyl groups is 1. The molecule has 0 heterocycles. The molecule has 1 N–H and O–H groups in total. The van der Waals surface area contributed by atoms with Gasteiger partial charge in [0.25, 0.3) is 0 Å². The van der Waals surface area contributed by atoms with Gasteiger partial charge in [-0.05, 0) is 18.9 Å². The molecule has 2 unspecified atom stereocenters.